The Hall–Kier alpha value is -1.85. The van der Waals surface area contributed by atoms with Gasteiger partial charge >= 0.3 is 0 Å². The second-order valence-corrected chi connectivity index (χ2v) is 3.20. The molecule has 6 heteroatoms. The van der Waals surface area contributed by atoms with Crippen molar-refractivity contribution < 1.29 is 0 Å². The van der Waals surface area contributed by atoms with E-state index in [0.717, 1.165) is 11.3 Å². The number of hydrogen-bond donors (Lipinski definition) is 1. The summed E-state index contributed by atoms with van der Waals surface area (Å²) in [5.41, 5.74) is 7.63. The van der Waals surface area contributed by atoms with Crippen LogP contribution >= 0.6 is 0 Å². The fourth-order valence-corrected chi connectivity index (χ4v) is 1.23. The summed E-state index contributed by atoms with van der Waals surface area (Å²) in [7, 11) is 1.78. The smallest absolute Gasteiger partial charge is 0.125 e. The maximum Gasteiger partial charge on any atom is 0.125 e. The third-order valence-corrected chi connectivity index (χ3v) is 2.03. The Balaban J connectivity index is 2.22. The Bertz CT molecular complexity index is 440. The van der Waals surface area contributed by atoms with Gasteiger partial charge in [0, 0.05) is 12.6 Å². The number of anilines is 1. The second kappa shape index (κ2) is 3.13. The molecule has 0 saturated carbocycles. The summed E-state index contributed by atoms with van der Waals surface area (Å²) in [6.45, 7) is 2.49. The zero-order chi connectivity index (χ0) is 10.1. The first-order chi connectivity index (χ1) is 6.66. The Labute approximate surface area is 81.3 Å². The third-order valence-electron chi connectivity index (χ3n) is 2.03. The van der Waals surface area contributed by atoms with Crippen LogP contribution in [0.5, 0.6) is 0 Å². The first-order valence-corrected chi connectivity index (χ1v) is 4.30. The van der Waals surface area contributed by atoms with Crippen molar-refractivity contribution >= 4 is 5.82 Å². The molecular weight excluding hydrogens is 180 g/mol. The fourth-order valence-electron chi connectivity index (χ4n) is 1.23. The lowest BCUT2D eigenvalue weighted by atomic mass is 10.4. The number of nitrogens with two attached hydrogens (primary N) is 1. The molecule has 0 aliphatic heterocycles. The van der Waals surface area contributed by atoms with Crippen LogP contribution < -0.4 is 5.73 Å². The van der Waals surface area contributed by atoms with Crippen molar-refractivity contribution in [2.45, 2.75) is 13.5 Å². The van der Waals surface area contributed by atoms with Gasteiger partial charge in [-0.15, -0.1) is 0 Å². The topological polar surface area (TPSA) is 74.5 Å². The van der Waals surface area contributed by atoms with Crippen molar-refractivity contribution in [1.82, 2.24) is 24.8 Å². The zero-order valence-corrected chi connectivity index (χ0v) is 8.18. The van der Waals surface area contributed by atoms with E-state index in [1.165, 1.54) is 4.80 Å². The summed E-state index contributed by atoms with van der Waals surface area (Å²) in [5, 5.41) is 12.3. The van der Waals surface area contributed by atoms with Gasteiger partial charge in [-0.1, -0.05) is 0 Å². The Morgan fingerprint density at radius 1 is 1.36 bits per heavy atom. The van der Waals surface area contributed by atoms with Gasteiger partial charge in [0.05, 0.1) is 18.9 Å². The lowest BCUT2D eigenvalue weighted by Crippen LogP contribution is -2.07. The van der Waals surface area contributed by atoms with Gasteiger partial charge in [-0.25, -0.2) is 4.68 Å². The minimum absolute atomic E-state index is 0.563. The molecule has 74 valence electrons. The van der Waals surface area contributed by atoms with Crippen LogP contribution in [0.15, 0.2) is 12.4 Å². The highest BCUT2D eigenvalue weighted by Crippen LogP contribution is 2.09. The van der Waals surface area contributed by atoms with E-state index in [4.69, 9.17) is 5.73 Å². The highest BCUT2D eigenvalue weighted by atomic mass is 15.5. The molecule has 6 nitrogen and oxygen atoms in total. The van der Waals surface area contributed by atoms with Crippen molar-refractivity contribution in [2.75, 3.05) is 5.73 Å². The number of aryl methyl sites for hydroxylation is 2. The third kappa shape index (κ3) is 1.46. The summed E-state index contributed by atoms with van der Waals surface area (Å²) < 4.78 is 1.71. The van der Waals surface area contributed by atoms with E-state index in [0.29, 0.717) is 12.4 Å². The van der Waals surface area contributed by atoms with E-state index in [1.54, 1.807) is 24.1 Å². The van der Waals surface area contributed by atoms with Gasteiger partial charge in [0.25, 0.3) is 0 Å². The van der Waals surface area contributed by atoms with Crippen LogP contribution in [0.25, 0.3) is 0 Å². The molecule has 0 aromatic carbocycles. The van der Waals surface area contributed by atoms with E-state index in [1.807, 2.05) is 6.92 Å². The van der Waals surface area contributed by atoms with Gasteiger partial charge in [-0.2, -0.15) is 20.1 Å². The van der Waals surface area contributed by atoms with Crippen molar-refractivity contribution in [3.05, 3.63) is 23.7 Å². The average Bonchev–Trinajstić information content (AvgIpc) is 2.67. The average molecular weight is 192 g/mol. The minimum atomic E-state index is 0.563. The van der Waals surface area contributed by atoms with Crippen molar-refractivity contribution in [3.8, 4) is 0 Å². The largest absolute Gasteiger partial charge is 0.384 e. The Kier molecular flexibility index (Phi) is 1.95. The molecule has 0 spiro atoms. The van der Waals surface area contributed by atoms with Crippen LogP contribution in [0.4, 0.5) is 5.82 Å². The minimum Gasteiger partial charge on any atom is -0.384 e. The monoisotopic (exact) mass is 192 g/mol. The molecular formula is C8H12N6. The lowest BCUT2D eigenvalue weighted by molar-refractivity contribution is 0.623. The molecule has 14 heavy (non-hydrogen) atoms. The van der Waals surface area contributed by atoms with Gasteiger partial charge in [0.2, 0.25) is 0 Å². The summed E-state index contributed by atoms with van der Waals surface area (Å²) in [5.74, 6) is 0.677. The predicted molar refractivity (Wildman–Crippen MR) is 51.5 cm³/mol. The van der Waals surface area contributed by atoms with E-state index < -0.39 is 0 Å². The first kappa shape index (κ1) is 8.74. The molecule has 0 amide bonds. The van der Waals surface area contributed by atoms with E-state index >= 15 is 0 Å². The lowest BCUT2D eigenvalue weighted by Gasteiger charge is -2.00. The van der Waals surface area contributed by atoms with Gasteiger partial charge < -0.3 is 5.73 Å². The summed E-state index contributed by atoms with van der Waals surface area (Å²) in [4.78, 5) is 1.52. The van der Waals surface area contributed by atoms with Gasteiger partial charge in [-0.05, 0) is 6.92 Å². The molecule has 0 aliphatic carbocycles. The van der Waals surface area contributed by atoms with E-state index in [9.17, 15) is 0 Å². The van der Waals surface area contributed by atoms with Crippen LogP contribution in [0.3, 0.4) is 0 Å². The fraction of sp³-hybridized carbons (Fsp3) is 0.375. The highest BCUT2D eigenvalue weighted by molar-refractivity contribution is 5.37. The maximum atomic E-state index is 5.80. The SMILES string of the molecule is Cc1cnn(Cc2cnn(C)n2)c1N. The number of nitrogens with zero attached hydrogens (tertiary/aromatic N) is 5. The number of nitrogen functional groups attached to an aromatic ring is 1. The summed E-state index contributed by atoms with van der Waals surface area (Å²) in [6.07, 6.45) is 3.45. The molecule has 2 aromatic rings. The van der Waals surface area contributed by atoms with E-state index in [2.05, 4.69) is 15.3 Å². The summed E-state index contributed by atoms with van der Waals surface area (Å²) in [6, 6.07) is 0. The Morgan fingerprint density at radius 2 is 2.14 bits per heavy atom. The van der Waals surface area contributed by atoms with Gasteiger partial charge in [-0.3, -0.25) is 0 Å². The van der Waals surface area contributed by atoms with Crippen LogP contribution in [0.2, 0.25) is 0 Å². The number of aromatic nitrogens is 5. The molecule has 0 fully saturated rings. The van der Waals surface area contributed by atoms with Crippen molar-refractivity contribution in [3.63, 3.8) is 0 Å². The molecule has 0 saturated heterocycles. The Morgan fingerprint density at radius 3 is 2.64 bits per heavy atom. The molecule has 2 aromatic heterocycles. The van der Waals surface area contributed by atoms with Crippen LogP contribution in [-0.2, 0) is 13.6 Å². The van der Waals surface area contributed by atoms with E-state index in [-0.39, 0.29) is 0 Å². The quantitative estimate of drug-likeness (QED) is 0.724. The molecule has 2 rings (SSSR count). The molecule has 2 N–H and O–H groups in total. The molecule has 0 unspecified atom stereocenters. The maximum absolute atomic E-state index is 5.80. The number of hydrogen-bond acceptors (Lipinski definition) is 4. The standard InChI is InChI=1S/C8H12N6/c1-6-3-11-14(8(6)9)5-7-4-10-13(2)12-7/h3-4H,5,9H2,1-2H3. The van der Waals surface area contributed by atoms with Crippen LogP contribution in [-0.4, -0.2) is 24.8 Å². The van der Waals surface area contributed by atoms with Gasteiger partial charge in [0.1, 0.15) is 11.5 Å². The van der Waals surface area contributed by atoms with Crippen molar-refractivity contribution in [1.29, 1.82) is 0 Å². The summed E-state index contributed by atoms with van der Waals surface area (Å²) >= 11 is 0. The molecule has 2 heterocycles. The van der Waals surface area contributed by atoms with Crippen LogP contribution in [0, 0.1) is 6.92 Å². The zero-order valence-electron chi connectivity index (χ0n) is 8.18. The predicted octanol–water partition coefficient (Wildman–Crippen LogP) is -0.0495. The van der Waals surface area contributed by atoms with Gasteiger partial charge in [0.15, 0.2) is 0 Å². The molecule has 0 atom stereocenters. The second-order valence-electron chi connectivity index (χ2n) is 3.20. The molecule has 0 aliphatic rings. The first-order valence-electron chi connectivity index (χ1n) is 4.30. The number of rotatable bonds is 2. The highest BCUT2D eigenvalue weighted by Gasteiger charge is 2.05. The van der Waals surface area contributed by atoms with Crippen molar-refractivity contribution in [2.24, 2.45) is 7.05 Å². The normalized spacial score (nSPS) is 10.7. The van der Waals surface area contributed by atoms with Crippen LogP contribution in [0.1, 0.15) is 11.3 Å². The molecule has 0 bridgehead atoms. The molecule has 0 radical (unpaired) electrons.